The number of thiophene rings is 1. The first-order valence-electron chi connectivity index (χ1n) is 6.79. The number of benzene rings is 1. The van der Waals surface area contributed by atoms with Crippen molar-refractivity contribution in [1.82, 2.24) is 5.43 Å². The highest BCUT2D eigenvalue weighted by atomic mass is 32.1. The predicted molar refractivity (Wildman–Crippen MR) is 86.8 cm³/mol. The second kappa shape index (κ2) is 6.44. The summed E-state index contributed by atoms with van der Waals surface area (Å²) in [5, 5.41) is 6.67. The average molecular weight is 314 g/mol. The molecule has 22 heavy (non-hydrogen) atoms. The maximum absolute atomic E-state index is 12.0. The number of amides is 1. The molecule has 0 radical (unpaired) electrons. The van der Waals surface area contributed by atoms with Crippen molar-refractivity contribution in [2.75, 3.05) is 6.61 Å². The summed E-state index contributed by atoms with van der Waals surface area (Å²) in [6.45, 7) is 2.51. The molecule has 2 aromatic heterocycles. The van der Waals surface area contributed by atoms with Crippen molar-refractivity contribution in [3.8, 4) is 5.75 Å². The van der Waals surface area contributed by atoms with E-state index in [0.29, 0.717) is 12.2 Å². The molecule has 3 rings (SSSR count). The monoisotopic (exact) mass is 314 g/mol. The van der Waals surface area contributed by atoms with E-state index in [1.165, 1.54) is 0 Å². The SMILES string of the molecule is CCOc1ccc2oc(C(=O)N/N=C/c3cccs3)cc2c1. The molecule has 1 N–H and O–H groups in total. The largest absolute Gasteiger partial charge is 0.494 e. The molecule has 5 nitrogen and oxygen atoms in total. The molecule has 0 atom stereocenters. The molecule has 0 unspecified atom stereocenters. The molecule has 0 aliphatic heterocycles. The lowest BCUT2D eigenvalue weighted by molar-refractivity contribution is 0.0929. The van der Waals surface area contributed by atoms with Gasteiger partial charge in [-0.3, -0.25) is 4.79 Å². The van der Waals surface area contributed by atoms with Crippen LogP contribution in [0.5, 0.6) is 5.75 Å². The fourth-order valence-corrected chi connectivity index (χ4v) is 2.55. The minimum absolute atomic E-state index is 0.215. The summed E-state index contributed by atoms with van der Waals surface area (Å²) in [7, 11) is 0. The van der Waals surface area contributed by atoms with Gasteiger partial charge in [-0.05, 0) is 42.6 Å². The predicted octanol–water partition coefficient (Wildman–Crippen LogP) is 3.66. The summed E-state index contributed by atoms with van der Waals surface area (Å²) in [5.74, 6) is 0.576. The van der Waals surface area contributed by atoms with Gasteiger partial charge in [0.05, 0.1) is 12.8 Å². The third-order valence-corrected chi connectivity index (χ3v) is 3.73. The molecule has 1 amide bonds. The third-order valence-electron chi connectivity index (χ3n) is 2.92. The fraction of sp³-hybridized carbons (Fsp3) is 0.125. The Labute approximate surface area is 131 Å². The van der Waals surface area contributed by atoms with Crippen LogP contribution in [0.25, 0.3) is 11.0 Å². The van der Waals surface area contributed by atoms with E-state index in [1.807, 2.05) is 36.6 Å². The highest BCUT2D eigenvalue weighted by Gasteiger charge is 2.12. The van der Waals surface area contributed by atoms with Gasteiger partial charge in [-0.2, -0.15) is 5.10 Å². The second-order valence-corrected chi connectivity index (χ2v) is 5.44. The summed E-state index contributed by atoms with van der Waals surface area (Å²) in [6, 6.07) is 10.9. The molecule has 0 spiro atoms. The van der Waals surface area contributed by atoms with Gasteiger partial charge in [0.25, 0.3) is 0 Å². The number of furan rings is 1. The lowest BCUT2D eigenvalue weighted by atomic mass is 10.2. The number of carbonyl (C=O) groups excluding carboxylic acids is 1. The van der Waals surface area contributed by atoms with E-state index < -0.39 is 0 Å². The summed E-state index contributed by atoms with van der Waals surface area (Å²) >= 11 is 1.54. The number of nitrogens with zero attached hydrogens (tertiary/aromatic N) is 1. The zero-order valence-electron chi connectivity index (χ0n) is 11.9. The summed E-state index contributed by atoms with van der Waals surface area (Å²) < 4.78 is 10.9. The zero-order valence-corrected chi connectivity index (χ0v) is 12.7. The molecule has 0 aliphatic carbocycles. The van der Waals surface area contributed by atoms with Crippen molar-refractivity contribution in [2.24, 2.45) is 5.10 Å². The molecule has 0 aliphatic rings. The van der Waals surface area contributed by atoms with Crippen LogP contribution in [0.2, 0.25) is 0 Å². The molecular formula is C16H14N2O3S. The topological polar surface area (TPSA) is 63.8 Å². The van der Waals surface area contributed by atoms with Crippen LogP contribution in [0.3, 0.4) is 0 Å². The van der Waals surface area contributed by atoms with Crippen molar-refractivity contribution in [1.29, 1.82) is 0 Å². The first-order chi connectivity index (χ1) is 10.8. The normalized spacial score (nSPS) is 11.1. The Morgan fingerprint density at radius 2 is 2.32 bits per heavy atom. The van der Waals surface area contributed by atoms with Crippen LogP contribution < -0.4 is 10.2 Å². The van der Waals surface area contributed by atoms with E-state index >= 15 is 0 Å². The summed E-state index contributed by atoms with van der Waals surface area (Å²) in [4.78, 5) is 13.0. The number of rotatable bonds is 5. The molecule has 6 heteroatoms. The number of hydrogen-bond acceptors (Lipinski definition) is 5. The van der Waals surface area contributed by atoms with Crippen LogP contribution in [0.1, 0.15) is 22.4 Å². The molecule has 112 valence electrons. The van der Waals surface area contributed by atoms with E-state index in [4.69, 9.17) is 9.15 Å². The first kappa shape index (κ1) is 14.3. The van der Waals surface area contributed by atoms with Crippen LogP contribution in [0, 0.1) is 0 Å². The maximum atomic E-state index is 12.0. The number of ether oxygens (including phenoxy) is 1. The van der Waals surface area contributed by atoms with Gasteiger partial charge >= 0.3 is 5.91 Å². The van der Waals surface area contributed by atoms with Crippen LogP contribution in [0.15, 0.2) is 51.3 Å². The maximum Gasteiger partial charge on any atom is 0.307 e. The molecule has 0 bridgehead atoms. The number of carbonyl (C=O) groups is 1. The quantitative estimate of drug-likeness (QED) is 0.577. The van der Waals surface area contributed by atoms with Crippen molar-refractivity contribution < 1.29 is 13.9 Å². The molecule has 0 saturated carbocycles. The molecule has 0 saturated heterocycles. The van der Waals surface area contributed by atoms with Gasteiger partial charge < -0.3 is 9.15 Å². The van der Waals surface area contributed by atoms with Gasteiger partial charge in [-0.15, -0.1) is 11.3 Å². The third kappa shape index (κ3) is 3.17. The van der Waals surface area contributed by atoms with Gasteiger partial charge in [-0.25, -0.2) is 5.43 Å². The van der Waals surface area contributed by atoms with Crippen molar-refractivity contribution in [3.63, 3.8) is 0 Å². The van der Waals surface area contributed by atoms with Gasteiger partial charge in [0, 0.05) is 10.3 Å². The Kier molecular flexibility index (Phi) is 4.20. The number of fused-ring (bicyclic) bond motifs is 1. The van der Waals surface area contributed by atoms with Crippen molar-refractivity contribution in [2.45, 2.75) is 6.92 Å². The van der Waals surface area contributed by atoms with Gasteiger partial charge in [0.2, 0.25) is 0 Å². The highest BCUT2D eigenvalue weighted by molar-refractivity contribution is 7.11. The standard InChI is InChI=1S/C16H14N2O3S/c1-2-20-12-5-6-14-11(8-12)9-15(21-14)16(19)18-17-10-13-4-3-7-22-13/h3-10H,2H2,1H3,(H,18,19)/b17-10+. The Hall–Kier alpha value is -2.60. The minimum Gasteiger partial charge on any atom is -0.494 e. The van der Waals surface area contributed by atoms with E-state index in [0.717, 1.165) is 16.0 Å². The second-order valence-electron chi connectivity index (χ2n) is 4.46. The zero-order chi connectivity index (χ0) is 15.4. The van der Waals surface area contributed by atoms with Gasteiger partial charge in [0.15, 0.2) is 5.76 Å². The van der Waals surface area contributed by atoms with E-state index in [-0.39, 0.29) is 11.7 Å². The summed E-state index contributed by atoms with van der Waals surface area (Å²) in [5.41, 5.74) is 3.09. The Morgan fingerprint density at radius 3 is 3.09 bits per heavy atom. The van der Waals surface area contributed by atoms with Crippen molar-refractivity contribution in [3.05, 3.63) is 52.4 Å². The lowest BCUT2D eigenvalue weighted by Gasteiger charge is -2.00. The highest BCUT2D eigenvalue weighted by Crippen LogP contribution is 2.24. The minimum atomic E-state index is -0.387. The number of hydrogen-bond donors (Lipinski definition) is 1. The Morgan fingerprint density at radius 1 is 1.41 bits per heavy atom. The lowest BCUT2D eigenvalue weighted by Crippen LogP contribution is -2.16. The average Bonchev–Trinajstić information content (AvgIpc) is 3.16. The van der Waals surface area contributed by atoms with Gasteiger partial charge in [0.1, 0.15) is 11.3 Å². The summed E-state index contributed by atoms with van der Waals surface area (Å²) in [6.07, 6.45) is 1.60. The van der Waals surface area contributed by atoms with Crippen LogP contribution in [-0.2, 0) is 0 Å². The van der Waals surface area contributed by atoms with Crippen LogP contribution in [0.4, 0.5) is 0 Å². The van der Waals surface area contributed by atoms with Crippen LogP contribution in [-0.4, -0.2) is 18.7 Å². The first-order valence-corrected chi connectivity index (χ1v) is 7.67. The van der Waals surface area contributed by atoms with E-state index in [1.54, 1.807) is 29.7 Å². The Balaban J connectivity index is 1.73. The number of nitrogens with one attached hydrogen (secondary N) is 1. The van der Waals surface area contributed by atoms with E-state index in [9.17, 15) is 4.79 Å². The fourth-order valence-electron chi connectivity index (χ4n) is 1.96. The molecule has 2 heterocycles. The molecular weight excluding hydrogens is 300 g/mol. The molecule has 1 aromatic carbocycles. The van der Waals surface area contributed by atoms with E-state index in [2.05, 4.69) is 10.5 Å². The van der Waals surface area contributed by atoms with Crippen molar-refractivity contribution >= 4 is 34.4 Å². The van der Waals surface area contributed by atoms with Crippen LogP contribution >= 0.6 is 11.3 Å². The molecule has 3 aromatic rings. The van der Waals surface area contributed by atoms with Gasteiger partial charge in [-0.1, -0.05) is 6.07 Å². The number of hydrazone groups is 1. The molecule has 0 fully saturated rings. The Bertz CT molecular complexity index is 806. The smallest absolute Gasteiger partial charge is 0.307 e.